The van der Waals surface area contributed by atoms with Crippen LogP contribution in [0.1, 0.15) is 11.1 Å². The zero-order chi connectivity index (χ0) is 22.5. The number of aryl methyl sites for hydroxylation is 2. The summed E-state index contributed by atoms with van der Waals surface area (Å²) >= 11 is 0. The summed E-state index contributed by atoms with van der Waals surface area (Å²) in [5.74, 6) is -0.317. The molecule has 2 nitrogen and oxygen atoms in total. The van der Waals surface area contributed by atoms with Gasteiger partial charge in [-0.1, -0.05) is 53.6 Å². The van der Waals surface area contributed by atoms with Gasteiger partial charge < -0.3 is 0 Å². The third kappa shape index (κ3) is 3.42. The Bertz CT molecular complexity index is 1680. The van der Waals surface area contributed by atoms with Crippen LogP contribution in [0, 0.1) is 19.7 Å². The third-order valence-electron chi connectivity index (χ3n) is 6.24. The van der Waals surface area contributed by atoms with E-state index in [0.29, 0.717) is 0 Å². The Hall–Kier alpha value is -4.11. The fraction of sp³-hybridized carbons (Fsp3) is 0.0667. The Labute approximate surface area is 191 Å². The van der Waals surface area contributed by atoms with E-state index in [4.69, 9.17) is 4.98 Å². The number of fused-ring (bicyclic) bond motifs is 4. The van der Waals surface area contributed by atoms with E-state index in [9.17, 15) is 4.39 Å². The predicted molar refractivity (Wildman–Crippen MR) is 135 cm³/mol. The number of rotatable bonds is 2. The molecule has 0 spiro atoms. The van der Waals surface area contributed by atoms with E-state index in [2.05, 4.69) is 73.4 Å². The molecule has 0 fully saturated rings. The standard InChI is InChI=1S/C30H21FN2/c1-18-11-19(2)13-24(12-18)30-28-8-6-22-14-20(5-7-26(22)27(28)9-10-32-30)21-3-4-23-15-25(31)17-33-29(23)16-21/h3-17H,1-2H3. The molecule has 2 heterocycles. The van der Waals surface area contributed by atoms with Crippen molar-refractivity contribution in [3.8, 4) is 22.4 Å². The summed E-state index contributed by atoms with van der Waals surface area (Å²) in [5, 5.41) is 5.52. The van der Waals surface area contributed by atoms with Crippen molar-refractivity contribution in [3.63, 3.8) is 0 Å². The third-order valence-corrected chi connectivity index (χ3v) is 6.24. The predicted octanol–water partition coefficient (Wildman–Crippen LogP) is 8.03. The monoisotopic (exact) mass is 428 g/mol. The Morgan fingerprint density at radius 3 is 2.15 bits per heavy atom. The normalized spacial score (nSPS) is 11.5. The van der Waals surface area contributed by atoms with Crippen LogP contribution in [0.15, 0.2) is 91.3 Å². The Morgan fingerprint density at radius 2 is 1.30 bits per heavy atom. The lowest BCUT2D eigenvalue weighted by atomic mass is 9.95. The second kappa shape index (κ2) is 7.49. The van der Waals surface area contributed by atoms with Crippen molar-refractivity contribution in [2.24, 2.45) is 0 Å². The second-order valence-electron chi connectivity index (χ2n) is 8.69. The number of hydrogen-bond acceptors (Lipinski definition) is 2. The van der Waals surface area contributed by atoms with E-state index in [1.807, 2.05) is 24.4 Å². The van der Waals surface area contributed by atoms with Gasteiger partial charge in [-0.05, 0) is 77.5 Å². The first-order valence-electron chi connectivity index (χ1n) is 11.0. The number of benzene rings is 4. The zero-order valence-corrected chi connectivity index (χ0v) is 18.4. The lowest BCUT2D eigenvalue weighted by molar-refractivity contribution is 0.624. The molecule has 6 rings (SSSR count). The summed E-state index contributed by atoms with van der Waals surface area (Å²) in [7, 11) is 0. The van der Waals surface area contributed by atoms with Crippen molar-refractivity contribution in [3.05, 3.63) is 108 Å². The second-order valence-corrected chi connectivity index (χ2v) is 8.69. The molecule has 0 unspecified atom stereocenters. The van der Waals surface area contributed by atoms with E-state index in [1.54, 1.807) is 0 Å². The molecule has 0 N–H and O–H groups in total. The summed E-state index contributed by atoms with van der Waals surface area (Å²) in [6, 6.07) is 27.0. The molecule has 6 aromatic rings. The number of nitrogens with zero attached hydrogens (tertiary/aromatic N) is 2. The molecular formula is C30H21FN2. The van der Waals surface area contributed by atoms with E-state index < -0.39 is 0 Å². The molecule has 0 saturated carbocycles. The lowest BCUT2D eigenvalue weighted by Gasteiger charge is -2.11. The van der Waals surface area contributed by atoms with Crippen LogP contribution >= 0.6 is 0 Å². The molecular weight excluding hydrogens is 407 g/mol. The average molecular weight is 429 g/mol. The van der Waals surface area contributed by atoms with Crippen LogP contribution in [0.25, 0.3) is 54.8 Å². The van der Waals surface area contributed by atoms with E-state index in [-0.39, 0.29) is 5.82 Å². The van der Waals surface area contributed by atoms with Crippen LogP contribution in [0.2, 0.25) is 0 Å². The molecule has 3 heteroatoms. The molecule has 4 aromatic carbocycles. The molecule has 0 aliphatic rings. The summed E-state index contributed by atoms with van der Waals surface area (Å²) in [5.41, 5.74) is 7.60. The Morgan fingerprint density at radius 1 is 0.576 bits per heavy atom. The molecule has 2 aromatic heterocycles. The van der Waals surface area contributed by atoms with Gasteiger partial charge in [-0.15, -0.1) is 0 Å². The van der Waals surface area contributed by atoms with Crippen LogP contribution in [0.4, 0.5) is 4.39 Å². The van der Waals surface area contributed by atoms with E-state index >= 15 is 0 Å². The van der Waals surface area contributed by atoms with Crippen molar-refractivity contribution in [1.29, 1.82) is 0 Å². The number of aromatic nitrogens is 2. The molecule has 0 bridgehead atoms. The average Bonchev–Trinajstić information content (AvgIpc) is 2.82. The number of pyridine rings is 2. The Kier molecular flexibility index (Phi) is 4.44. The summed E-state index contributed by atoms with van der Waals surface area (Å²) in [6.07, 6.45) is 3.16. The first-order chi connectivity index (χ1) is 16.0. The van der Waals surface area contributed by atoms with Crippen molar-refractivity contribution in [1.82, 2.24) is 9.97 Å². The van der Waals surface area contributed by atoms with Gasteiger partial charge in [0.15, 0.2) is 0 Å². The maximum Gasteiger partial charge on any atom is 0.142 e. The molecule has 33 heavy (non-hydrogen) atoms. The van der Waals surface area contributed by atoms with E-state index in [1.165, 1.54) is 39.5 Å². The SMILES string of the molecule is Cc1cc(C)cc(-c2nccc3c2ccc2cc(-c4ccc5cc(F)cnc5c4)ccc23)c1. The van der Waals surface area contributed by atoms with Gasteiger partial charge >= 0.3 is 0 Å². The smallest absolute Gasteiger partial charge is 0.142 e. The molecule has 158 valence electrons. The van der Waals surface area contributed by atoms with Gasteiger partial charge in [0.25, 0.3) is 0 Å². The molecule has 0 aliphatic heterocycles. The quantitative estimate of drug-likeness (QED) is 0.261. The Balaban J connectivity index is 1.50. The summed E-state index contributed by atoms with van der Waals surface area (Å²) < 4.78 is 13.5. The topological polar surface area (TPSA) is 25.8 Å². The van der Waals surface area contributed by atoms with Crippen molar-refractivity contribution in [2.75, 3.05) is 0 Å². The van der Waals surface area contributed by atoms with Crippen LogP contribution in [0.5, 0.6) is 0 Å². The minimum absolute atomic E-state index is 0.317. The maximum atomic E-state index is 13.5. The zero-order valence-electron chi connectivity index (χ0n) is 18.4. The number of halogens is 1. The van der Waals surface area contributed by atoms with Crippen molar-refractivity contribution in [2.45, 2.75) is 13.8 Å². The van der Waals surface area contributed by atoms with Crippen LogP contribution in [0.3, 0.4) is 0 Å². The minimum Gasteiger partial charge on any atom is -0.256 e. The van der Waals surface area contributed by atoms with Gasteiger partial charge in [0, 0.05) is 22.5 Å². The summed E-state index contributed by atoms with van der Waals surface area (Å²) in [6.45, 7) is 4.24. The minimum atomic E-state index is -0.317. The highest BCUT2D eigenvalue weighted by atomic mass is 19.1. The molecule has 0 saturated heterocycles. The fourth-order valence-electron chi connectivity index (χ4n) is 4.79. The molecule has 0 amide bonds. The van der Waals surface area contributed by atoms with E-state index in [0.717, 1.165) is 38.7 Å². The first kappa shape index (κ1) is 19.6. The first-order valence-corrected chi connectivity index (χ1v) is 11.0. The van der Waals surface area contributed by atoms with Crippen molar-refractivity contribution >= 4 is 32.4 Å². The van der Waals surface area contributed by atoms with Gasteiger partial charge in [-0.3, -0.25) is 9.97 Å². The van der Waals surface area contributed by atoms with Gasteiger partial charge in [0.05, 0.1) is 17.4 Å². The molecule has 0 aliphatic carbocycles. The molecule has 0 radical (unpaired) electrons. The van der Waals surface area contributed by atoms with Crippen molar-refractivity contribution < 1.29 is 4.39 Å². The lowest BCUT2D eigenvalue weighted by Crippen LogP contribution is -1.89. The molecule has 0 atom stereocenters. The maximum absolute atomic E-state index is 13.5. The van der Waals surface area contributed by atoms with Gasteiger partial charge in [0.1, 0.15) is 5.82 Å². The highest BCUT2D eigenvalue weighted by molar-refractivity contribution is 6.12. The highest BCUT2D eigenvalue weighted by Crippen LogP contribution is 2.34. The largest absolute Gasteiger partial charge is 0.256 e. The number of hydrogen-bond donors (Lipinski definition) is 0. The van der Waals surface area contributed by atoms with Gasteiger partial charge in [-0.2, -0.15) is 0 Å². The summed E-state index contributed by atoms with van der Waals surface area (Å²) in [4.78, 5) is 8.97. The van der Waals surface area contributed by atoms with Crippen LogP contribution < -0.4 is 0 Å². The highest BCUT2D eigenvalue weighted by Gasteiger charge is 2.10. The van der Waals surface area contributed by atoms with Crippen LogP contribution in [-0.2, 0) is 0 Å². The van der Waals surface area contributed by atoms with Gasteiger partial charge in [-0.25, -0.2) is 4.39 Å². The van der Waals surface area contributed by atoms with Gasteiger partial charge in [0.2, 0.25) is 0 Å². The van der Waals surface area contributed by atoms with Crippen LogP contribution in [-0.4, -0.2) is 9.97 Å². The fourth-order valence-corrected chi connectivity index (χ4v) is 4.79.